The van der Waals surface area contributed by atoms with Gasteiger partial charge in [-0.3, -0.25) is 4.79 Å². The summed E-state index contributed by atoms with van der Waals surface area (Å²) in [5.41, 5.74) is 1.62. The maximum absolute atomic E-state index is 11.4. The van der Waals surface area contributed by atoms with Crippen molar-refractivity contribution in [2.24, 2.45) is 0 Å². The number of anilines is 1. The number of hydrogen-bond acceptors (Lipinski definition) is 5. The van der Waals surface area contributed by atoms with Crippen LogP contribution in [0.25, 0.3) is 16.7 Å². The molecule has 7 nitrogen and oxygen atoms in total. The number of halogens is 1. The van der Waals surface area contributed by atoms with Gasteiger partial charge in [0.15, 0.2) is 5.65 Å². The molecule has 1 fully saturated rings. The molecule has 1 amide bonds. The zero-order valence-electron chi connectivity index (χ0n) is 15.1. The topological polar surface area (TPSA) is 84.7 Å². The zero-order chi connectivity index (χ0) is 18.8. The summed E-state index contributed by atoms with van der Waals surface area (Å²) < 4.78 is 1.79. The number of benzene rings is 1. The highest BCUT2D eigenvalue weighted by Gasteiger charge is 2.28. The van der Waals surface area contributed by atoms with Crippen LogP contribution in [0.15, 0.2) is 30.5 Å². The van der Waals surface area contributed by atoms with Crippen molar-refractivity contribution >= 4 is 34.4 Å². The Hall–Kier alpha value is -2.67. The summed E-state index contributed by atoms with van der Waals surface area (Å²) in [5.74, 6) is 2.04. The van der Waals surface area contributed by atoms with Crippen LogP contribution >= 0.6 is 11.6 Å². The Labute approximate surface area is 162 Å². The third kappa shape index (κ3) is 3.88. The van der Waals surface area contributed by atoms with Gasteiger partial charge in [0.1, 0.15) is 11.6 Å². The SMILES string of the molecule is CCC(=O)NCCNc1nc(C2CC2)nc2c1cnn2-c1cccc(Cl)c1. The normalized spacial score (nSPS) is 13.7. The second kappa shape index (κ2) is 7.52. The molecule has 2 N–H and O–H groups in total. The Morgan fingerprint density at radius 3 is 2.89 bits per heavy atom. The molecule has 0 atom stereocenters. The average molecular weight is 385 g/mol. The third-order valence-electron chi connectivity index (χ3n) is 4.50. The van der Waals surface area contributed by atoms with Crippen molar-refractivity contribution in [3.63, 3.8) is 0 Å². The Morgan fingerprint density at radius 2 is 2.15 bits per heavy atom. The molecule has 0 unspecified atom stereocenters. The first-order chi connectivity index (χ1) is 13.2. The van der Waals surface area contributed by atoms with Crippen molar-refractivity contribution in [2.45, 2.75) is 32.1 Å². The number of nitrogens with one attached hydrogen (secondary N) is 2. The van der Waals surface area contributed by atoms with Gasteiger partial charge in [0, 0.05) is 30.5 Å². The Kier molecular flexibility index (Phi) is 4.94. The molecule has 140 valence electrons. The van der Waals surface area contributed by atoms with Gasteiger partial charge in [-0.15, -0.1) is 0 Å². The van der Waals surface area contributed by atoms with Crippen molar-refractivity contribution in [3.05, 3.63) is 41.3 Å². The summed E-state index contributed by atoms with van der Waals surface area (Å²) in [5, 5.41) is 12.2. The van der Waals surface area contributed by atoms with Gasteiger partial charge in [-0.25, -0.2) is 14.6 Å². The second-order valence-electron chi connectivity index (χ2n) is 6.61. The first-order valence-corrected chi connectivity index (χ1v) is 9.55. The second-order valence-corrected chi connectivity index (χ2v) is 7.04. The summed E-state index contributed by atoms with van der Waals surface area (Å²) in [6.07, 6.45) is 4.47. The molecule has 27 heavy (non-hydrogen) atoms. The van der Waals surface area contributed by atoms with E-state index < -0.39 is 0 Å². The van der Waals surface area contributed by atoms with Crippen LogP contribution in [0, 0.1) is 0 Å². The molecule has 1 aliphatic carbocycles. The Balaban J connectivity index is 1.66. The molecular formula is C19H21ClN6O. The molecule has 1 aliphatic rings. The molecule has 2 aromatic heterocycles. The quantitative estimate of drug-likeness (QED) is 0.610. The molecule has 0 aliphatic heterocycles. The Morgan fingerprint density at radius 1 is 1.30 bits per heavy atom. The molecule has 0 spiro atoms. The largest absolute Gasteiger partial charge is 0.368 e. The number of amides is 1. The molecule has 3 aromatic rings. The first-order valence-electron chi connectivity index (χ1n) is 9.18. The van der Waals surface area contributed by atoms with E-state index in [2.05, 4.69) is 15.7 Å². The number of aromatic nitrogens is 4. The van der Waals surface area contributed by atoms with Crippen LogP contribution in [0.2, 0.25) is 5.02 Å². The van der Waals surface area contributed by atoms with E-state index in [9.17, 15) is 4.79 Å². The first kappa shape index (κ1) is 17.7. The predicted octanol–water partition coefficient (Wildman–Crippen LogP) is 3.28. The van der Waals surface area contributed by atoms with E-state index in [1.807, 2.05) is 31.2 Å². The lowest BCUT2D eigenvalue weighted by atomic mass is 10.3. The molecule has 0 radical (unpaired) electrons. The van der Waals surface area contributed by atoms with E-state index in [4.69, 9.17) is 21.6 Å². The Bertz CT molecular complexity index is 981. The van der Waals surface area contributed by atoms with Gasteiger partial charge in [-0.1, -0.05) is 24.6 Å². The summed E-state index contributed by atoms with van der Waals surface area (Å²) in [6.45, 7) is 2.96. The van der Waals surface area contributed by atoms with Gasteiger partial charge in [0.25, 0.3) is 0 Å². The van der Waals surface area contributed by atoms with Crippen LogP contribution in [-0.2, 0) is 4.79 Å². The van der Waals surface area contributed by atoms with Gasteiger partial charge < -0.3 is 10.6 Å². The van der Waals surface area contributed by atoms with Gasteiger partial charge in [0.05, 0.1) is 17.3 Å². The van der Waals surface area contributed by atoms with E-state index in [1.54, 1.807) is 10.9 Å². The fourth-order valence-electron chi connectivity index (χ4n) is 2.89. The summed E-state index contributed by atoms with van der Waals surface area (Å²) >= 11 is 6.14. The number of fused-ring (bicyclic) bond motifs is 1. The van der Waals surface area contributed by atoms with Crippen LogP contribution in [0.4, 0.5) is 5.82 Å². The highest BCUT2D eigenvalue weighted by atomic mass is 35.5. The van der Waals surface area contributed by atoms with Crippen LogP contribution < -0.4 is 10.6 Å². The van der Waals surface area contributed by atoms with Crippen molar-refractivity contribution in [1.82, 2.24) is 25.1 Å². The molecular weight excluding hydrogens is 364 g/mol. The fourth-order valence-corrected chi connectivity index (χ4v) is 3.07. The lowest BCUT2D eigenvalue weighted by Gasteiger charge is -2.10. The van der Waals surface area contributed by atoms with Crippen molar-refractivity contribution in [3.8, 4) is 5.69 Å². The zero-order valence-corrected chi connectivity index (χ0v) is 15.8. The molecule has 0 saturated heterocycles. The molecule has 8 heteroatoms. The van der Waals surface area contributed by atoms with Crippen LogP contribution in [0.3, 0.4) is 0 Å². The standard InChI is InChI=1S/C19H21ClN6O/c1-2-16(27)21-8-9-22-18-15-11-23-26(14-5-3-4-13(20)10-14)19(15)25-17(24-18)12-6-7-12/h3-5,10-12H,2,6-9H2,1H3,(H,21,27)(H,22,24,25). The van der Waals surface area contributed by atoms with Gasteiger partial charge >= 0.3 is 0 Å². The van der Waals surface area contributed by atoms with Gasteiger partial charge in [-0.05, 0) is 31.0 Å². The van der Waals surface area contributed by atoms with Gasteiger partial charge in [-0.2, -0.15) is 5.10 Å². The summed E-state index contributed by atoms with van der Waals surface area (Å²) in [6, 6.07) is 7.54. The monoisotopic (exact) mass is 384 g/mol. The number of rotatable bonds is 7. The lowest BCUT2D eigenvalue weighted by molar-refractivity contribution is -0.120. The van der Waals surface area contributed by atoms with E-state index >= 15 is 0 Å². The summed E-state index contributed by atoms with van der Waals surface area (Å²) in [4.78, 5) is 20.9. The van der Waals surface area contributed by atoms with E-state index in [-0.39, 0.29) is 5.91 Å². The van der Waals surface area contributed by atoms with Crippen molar-refractivity contribution in [2.75, 3.05) is 18.4 Å². The minimum atomic E-state index is 0.0390. The molecule has 0 bridgehead atoms. The highest BCUT2D eigenvalue weighted by molar-refractivity contribution is 6.30. The predicted molar refractivity (Wildman–Crippen MR) is 105 cm³/mol. The number of nitrogens with zero attached hydrogens (tertiary/aromatic N) is 4. The number of carbonyl (C=O) groups excluding carboxylic acids is 1. The van der Waals surface area contributed by atoms with Crippen molar-refractivity contribution in [1.29, 1.82) is 0 Å². The lowest BCUT2D eigenvalue weighted by Crippen LogP contribution is -2.28. The highest BCUT2D eigenvalue weighted by Crippen LogP contribution is 2.39. The molecule has 2 heterocycles. The minimum absolute atomic E-state index is 0.0390. The van der Waals surface area contributed by atoms with Crippen LogP contribution in [0.1, 0.15) is 37.9 Å². The van der Waals surface area contributed by atoms with E-state index in [0.29, 0.717) is 30.5 Å². The summed E-state index contributed by atoms with van der Waals surface area (Å²) in [7, 11) is 0. The van der Waals surface area contributed by atoms with Crippen molar-refractivity contribution < 1.29 is 4.79 Å². The smallest absolute Gasteiger partial charge is 0.219 e. The van der Waals surface area contributed by atoms with E-state index in [1.165, 1.54) is 0 Å². The minimum Gasteiger partial charge on any atom is -0.368 e. The van der Waals surface area contributed by atoms with Crippen LogP contribution in [0.5, 0.6) is 0 Å². The van der Waals surface area contributed by atoms with Crippen LogP contribution in [-0.4, -0.2) is 38.7 Å². The molecule has 1 saturated carbocycles. The van der Waals surface area contributed by atoms with E-state index in [0.717, 1.165) is 41.2 Å². The number of hydrogen-bond donors (Lipinski definition) is 2. The molecule has 4 rings (SSSR count). The fraction of sp³-hybridized carbons (Fsp3) is 0.368. The molecule has 1 aromatic carbocycles. The third-order valence-corrected chi connectivity index (χ3v) is 4.74. The number of carbonyl (C=O) groups is 1. The van der Waals surface area contributed by atoms with Gasteiger partial charge in [0.2, 0.25) is 5.91 Å². The maximum Gasteiger partial charge on any atom is 0.219 e. The average Bonchev–Trinajstić information content (AvgIpc) is 3.44. The maximum atomic E-state index is 11.4.